The molecule has 1 heterocycles. The van der Waals surface area contributed by atoms with Crippen molar-refractivity contribution in [3.63, 3.8) is 0 Å². The molecule has 1 aliphatic heterocycles. The zero-order valence-electron chi connectivity index (χ0n) is 14.2. The van der Waals surface area contributed by atoms with Gasteiger partial charge in [-0.1, -0.05) is 30.3 Å². The van der Waals surface area contributed by atoms with E-state index in [0.29, 0.717) is 25.9 Å². The van der Waals surface area contributed by atoms with E-state index in [4.69, 9.17) is 0 Å². The Balaban J connectivity index is 1.69. The van der Waals surface area contributed by atoms with Gasteiger partial charge in [0, 0.05) is 25.2 Å². The number of rotatable bonds is 6. The monoisotopic (exact) mass is 358 g/mol. The maximum absolute atomic E-state index is 12.5. The van der Waals surface area contributed by atoms with Gasteiger partial charge in [-0.15, -0.1) is 0 Å². The lowest BCUT2D eigenvalue weighted by atomic mass is 10.2. The number of carbonyl (C=O) groups is 1. The van der Waals surface area contributed by atoms with Crippen LogP contribution in [0.2, 0.25) is 0 Å². The molecule has 2 aromatic rings. The predicted octanol–water partition coefficient (Wildman–Crippen LogP) is 2.64. The SMILES string of the molecule is Cc1cc(S(=O)(=O)NCCc2ccccc2)ccc1N1CCCC1=O. The predicted molar refractivity (Wildman–Crippen MR) is 98.1 cm³/mol. The summed E-state index contributed by atoms with van der Waals surface area (Å²) in [7, 11) is -3.56. The van der Waals surface area contributed by atoms with Crippen LogP contribution in [-0.4, -0.2) is 27.4 Å². The van der Waals surface area contributed by atoms with Crippen molar-refractivity contribution in [3.05, 3.63) is 59.7 Å². The lowest BCUT2D eigenvalue weighted by Gasteiger charge is -2.19. The molecular formula is C19H22N2O3S. The van der Waals surface area contributed by atoms with Crippen LogP contribution in [0.1, 0.15) is 24.0 Å². The molecule has 1 aliphatic rings. The van der Waals surface area contributed by atoms with Gasteiger partial charge in [-0.3, -0.25) is 4.79 Å². The summed E-state index contributed by atoms with van der Waals surface area (Å²) < 4.78 is 27.6. The van der Waals surface area contributed by atoms with Crippen LogP contribution in [0, 0.1) is 6.92 Å². The average Bonchev–Trinajstić information content (AvgIpc) is 3.01. The van der Waals surface area contributed by atoms with Crippen molar-refractivity contribution in [1.29, 1.82) is 0 Å². The van der Waals surface area contributed by atoms with E-state index in [1.54, 1.807) is 23.1 Å². The van der Waals surface area contributed by atoms with Crippen molar-refractivity contribution in [3.8, 4) is 0 Å². The van der Waals surface area contributed by atoms with Gasteiger partial charge < -0.3 is 4.90 Å². The van der Waals surface area contributed by atoms with Crippen molar-refractivity contribution < 1.29 is 13.2 Å². The number of anilines is 1. The van der Waals surface area contributed by atoms with Crippen LogP contribution in [0.15, 0.2) is 53.4 Å². The summed E-state index contributed by atoms with van der Waals surface area (Å²) in [6, 6.07) is 14.7. The van der Waals surface area contributed by atoms with Crippen LogP contribution in [0.4, 0.5) is 5.69 Å². The normalized spacial score (nSPS) is 14.9. The van der Waals surface area contributed by atoms with Gasteiger partial charge in [0.1, 0.15) is 0 Å². The second kappa shape index (κ2) is 7.37. The molecule has 0 atom stereocenters. The highest BCUT2D eigenvalue weighted by Crippen LogP contribution is 2.27. The van der Waals surface area contributed by atoms with Crippen LogP contribution in [0.5, 0.6) is 0 Å². The molecule has 1 N–H and O–H groups in total. The molecule has 0 bridgehead atoms. The van der Waals surface area contributed by atoms with E-state index >= 15 is 0 Å². The Labute approximate surface area is 148 Å². The third kappa shape index (κ3) is 4.08. The highest BCUT2D eigenvalue weighted by Gasteiger charge is 2.24. The van der Waals surface area contributed by atoms with Gasteiger partial charge in [-0.25, -0.2) is 13.1 Å². The highest BCUT2D eigenvalue weighted by molar-refractivity contribution is 7.89. The maximum Gasteiger partial charge on any atom is 0.240 e. The molecule has 0 aromatic heterocycles. The zero-order chi connectivity index (χ0) is 17.9. The number of sulfonamides is 1. The number of benzene rings is 2. The fourth-order valence-corrected chi connectivity index (χ4v) is 4.18. The second-order valence-electron chi connectivity index (χ2n) is 6.23. The quantitative estimate of drug-likeness (QED) is 0.863. The van der Waals surface area contributed by atoms with Crippen LogP contribution < -0.4 is 9.62 Å². The smallest absolute Gasteiger partial charge is 0.240 e. The summed E-state index contributed by atoms with van der Waals surface area (Å²) in [6.07, 6.45) is 2.04. The van der Waals surface area contributed by atoms with Crippen LogP contribution in [0.25, 0.3) is 0 Å². The first-order chi connectivity index (χ1) is 12.0. The molecule has 5 nitrogen and oxygen atoms in total. The Morgan fingerprint density at radius 2 is 1.88 bits per heavy atom. The molecule has 132 valence electrons. The lowest BCUT2D eigenvalue weighted by molar-refractivity contribution is -0.117. The number of aryl methyl sites for hydroxylation is 1. The van der Waals surface area contributed by atoms with E-state index in [9.17, 15) is 13.2 Å². The molecule has 0 radical (unpaired) electrons. The molecule has 1 saturated heterocycles. The van der Waals surface area contributed by atoms with Gasteiger partial charge in [0.15, 0.2) is 0 Å². The lowest BCUT2D eigenvalue weighted by Crippen LogP contribution is -2.27. The van der Waals surface area contributed by atoms with Crippen molar-refractivity contribution in [2.45, 2.75) is 31.1 Å². The fourth-order valence-electron chi connectivity index (χ4n) is 3.06. The first-order valence-corrected chi connectivity index (χ1v) is 9.90. The Kier molecular flexibility index (Phi) is 5.20. The van der Waals surface area contributed by atoms with Crippen LogP contribution in [0.3, 0.4) is 0 Å². The van der Waals surface area contributed by atoms with Gasteiger partial charge in [0.25, 0.3) is 0 Å². The van der Waals surface area contributed by atoms with Gasteiger partial charge in [-0.05, 0) is 49.1 Å². The van der Waals surface area contributed by atoms with Crippen LogP contribution in [-0.2, 0) is 21.2 Å². The number of hydrogen-bond donors (Lipinski definition) is 1. The van der Waals surface area contributed by atoms with E-state index in [-0.39, 0.29) is 10.8 Å². The Hall–Kier alpha value is -2.18. The molecule has 1 fully saturated rings. The molecule has 0 spiro atoms. The van der Waals surface area contributed by atoms with Gasteiger partial charge >= 0.3 is 0 Å². The number of amides is 1. The topological polar surface area (TPSA) is 66.5 Å². The van der Waals surface area contributed by atoms with Crippen molar-refractivity contribution in [2.24, 2.45) is 0 Å². The minimum Gasteiger partial charge on any atom is -0.312 e. The van der Waals surface area contributed by atoms with Crippen LogP contribution >= 0.6 is 0 Å². The molecule has 0 saturated carbocycles. The molecule has 6 heteroatoms. The first-order valence-electron chi connectivity index (χ1n) is 8.42. The van der Waals surface area contributed by atoms with Gasteiger partial charge in [0.05, 0.1) is 4.90 Å². The van der Waals surface area contributed by atoms with E-state index in [0.717, 1.165) is 23.2 Å². The number of nitrogens with zero attached hydrogens (tertiary/aromatic N) is 1. The third-order valence-electron chi connectivity index (χ3n) is 4.39. The minimum absolute atomic E-state index is 0.0969. The zero-order valence-corrected chi connectivity index (χ0v) is 15.1. The van der Waals surface area contributed by atoms with Crippen molar-refractivity contribution >= 4 is 21.6 Å². The second-order valence-corrected chi connectivity index (χ2v) is 8.00. The van der Waals surface area contributed by atoms with Gasteiger partial charge in [-0.2, -0.15) is 0 Å². The van der Waals surface area contributed by atoms with Crippen molar-refractivity contribution in [1.82, 2.24) is 4.72 Å². The number of carbonyl (C=O) groups excluding carboxylic acids is 1. The summed E-state index contributed by atoms with van der Waals surface area (Å²) in [5.41, 5.74) is 2.68. The Morgan fingerprint density at radius 1 is 1.12 bits per heavy atom. The van der Waals surface area contributed by atoms with E-state index in [1.807, 2.05) is 37.3 Å². The number of hydrogen-bond acceptors (Lipinski definition) is 3. The van der Waals surface area contributed by atoms with E-state index in [2.05, 4.69) is 4.72 Å². The molecule has 0 unspecified atom stereocenters. The Bertz CT molecular complexity index is 863. The first kappa shape index (κ1) is 17.6. The molecule has 0 aliphatic carbocycles. The average molecular weight is 358 g/mol. The summed E-state index contributed by atoms with van der Waals surface area (Å²) in [6.45, 7) is 2.88. The summed E-state index contributed by atoms with van der Waals surface area (Å²) in [5, 5.41) is 0. The Morgan fingerprint density at radius 3 is 2.52 bits per heavy atom. The standard InChI is InChI=1S/C19H22N2O3S/c1-15-14-17(9-10-18(15)21-13-5-8-19(21)22)25(23,24)20-12-11-16-6-3-2-4-7-16/h2-4,6-7,9-10,14,20H,5,8,11-13H2,1H3. The summed E-state index contributed by atoms with van der Waals surface area (Å²) >= 11 is 0. The number of nitrogens with one attached hydrogen (secondary N) is 1. The largest absolute Gasteiger partial charge is 0.312 e. The summed E-state index contributed by atoms with van der Waals surface area (Å²) in [5.74, 6) is 0.0969. The molecule has 3 rings (SSSR count). The maximum atomic E-state index is 12.5. The molecule has 25 heavy (non-hydrogen) atoms. The van der Waals surface area contributed by atoms with E-state index in [1.165, 1.54) is 0 Å². The summed E-state index contributed by atoms with van der Waals surface area (Å²) in [4.78, 5) is 13.8. The van der Waals surface area contributed by atoms with Gasteiger partial charge in [0.2, 0.25) is 15.9 Å². The molecular weight excluding hydrogens is 336 g/mol. The molecule has 1 amide bonds. The highest BCUT2D eigenvalue weighted by atomic mass is 32.2. The fraction of sp³-hybridized carbons (Fsp3) is 0.316. The van der Waals surface area contributed by atoms with E-state index < -0.39 is 10.0 Å². The molecule has 2 aromatic carbocycles. The minimum atomic E-state index is -3.56. The third-order valence-corrected chi connectivity index (χ3v) is 5.85. The van der Waals surface area contributed by atoms with Crippen molar-refractivity contribution in [2.75, 3.05) is 18.0 Å².